The second kappa shape index (κ2) is 4.66. The van der Waals surface area contributed by atoms with Gasteiger partial charge in [0.2, 0.25) is 0 Å². The molecule has 1 aromatic heterocycles. The molecule has 84 valence electrons. The summed E-state index contributed by atoms with van der Waals surface area (Å²) in [7, 11) is 0. The van der Waals surface area contributed by atoms with Crippen LogP contribution in [0, 0.1) is 0 Å². The highest BCUT2D eigenvalue weighted by Gasteiger charge is 2.16. The Morgan fingerprint density at radius 2 is 1.94 bits per heavy atom. The molecule has 0 aliphatic rings. The molecule has 0 unspecified atom stereocenters. The lowest BCUT2D eigenvalue weighted by Crippen LogP contribution is -2.30. The van der Waals surface area contributed by atoms with Crippen molar-refractivity contribution in [2.24, 2.45) is 0 Å². The third-order valence-electron chi connectivity index (χ3n) is 2.76. The Labute approximate surface area is 99.5 Å². The summed E-state index contributed by atoms with van der Waals surface area (Å²) in [5, 5.41) is 3.04. The van der Waals surface area contributed by atoms with Crippen LogP contribution >= 0.6 is 11.3 Å². The zero-order valence-corrected chi connectivity index (χ0v) is 10.4. The smallest absolute Gasteiger partial charge is 0.255 e. The highest BCUT2D eigenvalue weighted by atomic mass is 32.1. The van der Waals surface area contributed by atoms with Gasteiger partial charge in [-0.05, 0) is 19.9 Å². The summed E-state index contributed by atoms with van der Waals surface area (Å²) in [5.74, 6) is 0.141. The maximum atomic E-state index is 12.2. The third-order valence-corrected chi connectivity index (χ3v) is 3.73. The van der Waals surface area contributed by atoms with Crippen LogP contribution in [0.2, 0.25) is 0 Å². The van der Waals surface area contributed by atoms with E-state index in [2.05, 4.69) is 6.07 Å². The molecule has 0 fully saturated rings. The van der Waals surface area contributed by atoms with Gasteiger partial charge in [-0.1, -0.05) is 18.2 Å². The molecule has 0 aliphatic carbocycles. The number of hydrogen-bond donors (Lipinski definition) is 0. The second-order valence-corrected chi connectivity index (χ2v) is 4.53. The third kappa shape index (κ3) is 1.83. The Kier molecular flexibility index (Phi) is 3.25. The molecule has 1 heterocycles. The number of benzene rings is 1. The van der Waals surface area contributed by atoms with E-state index in [-0.39, 0.29) is 5.91 Å². The highest BCUT2D eigenvalue weighted by Crippen LogP contribution is 2.26. The summed E-state index contributed by atoms with van der Waals surface area (Å²) in [5.41, 5.74) is 0.837. The number of carbonyl (C=O) groups excluding carboxylic acids is 1. The Hall–Kier alpha value is -1.35. The first kappa shape index (κ1) is 11.1. The average molecular weight is 233 g/mol. The predicted molar refractivity (Wildman–Crippen MR) is 69.1 cm³/mol. The summed E-state index contributed by atoms with van der Waals surface area (Å²) in [4.78, 5) is 14.1. The minimum atomic E-state index is 0.141. The van der Waals surface area contributed by atoms with E-state index < -0.39 is 0 Å². The molecule has 0 atom stereocenters. The van der Waals surface area contributed by atoms with E-state index in [4.69, 9.17) is 0 Å². The van der Waals surface area contributed by atoms with Gasteiger partial charge < -0.3 is 4.90 Å². The first-order valence-electron chi connectivity index (χ1n) is 5.53. The normalized spacial score (nSPS) is 10.6. The average Bonchev–Trinajstić information content (AvgIpc) is 2.74. The fourth-order valence-corrected chi connectivity index (χ4v) is 2.76. The lowest BCUT2D eigenvalue weighted by molar-refractivity contribution is 0.0775. The quantitative estimate of drug-likeness (QED) is 0.795. The minimum absolute atomic E-state index is 0.141. The van der Waals surface area contributed by atoms with Gasteiger partial charge in [-0.15, -0.1) is 11.3 Å². The Balaban J connectivity index is 2.43. The number of nitrogens with zero attached hydrogens (tertiary/aromatic N) is 1. The molecule has 0 aliphatic heterocycles. The van der Waals surface area contributed by atoms with Crippen molar-refractivity contribution < 1.29 is 4.79 Å². The predicted octanol–water partition coefficient (Wildman–Crippen LogP) is 3.38. The van der Waals surface area contributed by atoms with Gasteiger partial charge in [0, 0.05) is 28.6 Å². The number of fused-ring (bicyclic) bond motifs is 1. The van der Waals surface area contributed by atoms with Crippen LogP contribution in [0.15, 0.2) is 29.6 Å². The molecule has 1 aromatic carbocycles. The van der Waals surface area contributed by atoms with Crippen LogP contribution in [0.5, 0.6) is 0 Å². The molecule has 0 saturated heterocycles. The molecule has 0 radical (unpaired) electrons. The highest BCUT2D eigenvalue weighted by molar-refractivity contribution is 7.17. The van der Waals surface area contributed by atoms with Crippen LogP contribution in [0.3, 0.4) is 0 Å². The molecular formula is C13H15NOS. The second-order valence-electron chi connectivity index (χ2n) is 3.62. The van der Waals surface area contributed by atoms with Crippen molar-refractivity contribution in [3.63, 3.8) is 0 Å². The molecule has 3 heteroatoms. The van der Waals surface area contributed by atoms with Crippen LogP contribution in [-0.2, 0) is 0 Å². The van der Waals surface area contributed by atoms with Gasteiger partial charge in [0.25, 0.3) is 5.91 Å². The molecule has 0 N–H and O–H groups in total. The summed E-state index contributed by atoms with van der Waals surface area (Å²) >= 11 is 1.63. The molecule has 0 bridgehead atoms. The maximum absolute atomic E-state index is 12.2. The summed E-state index contributed by atoms with van der Waals surface area (Å²) in [6, 6.07) is 8.06. The lowest BCUT2D eigenvalue weighted by atomic mass is 10.1. The van der Waals surface area contributed by atoms with E-state index in [9.17, 15) is 4.79 Å². The van der Waals surface area contributed by atoms with E-state index in [0.29, 0.717) is 0 Å². The molecule has 0 saturated carbocycles. The van der Waals surface area contributed by atoms with Crippen molar-refractivity contribution in [3.05, 3.63) is 35.2 Å². The van der Waals surface area contributed by atoms with E-state index >= 15 is 0 Å². The van der Waals surface area contributed by atoms with Crippen molar-refractivity contribution in [2.45, 2.75) is 13.8 Å². The zero-order valence-electron chi connectivity index (χ0n) is 9.56. The summed E-state index contributed by atoms with van der Waals surface area (Å²) in [6.45, 7) is 5.55. The number of hydrogen-bond acceptors (Lipinski definition) is 2. The van der Waals surface area contributed by atoms with E-state index in [1.54, 1.807) is 11.3 Å². The van der Waals surface area contributed by atoms with Crippen LogP contribution in [0.1, 0.15) is 24.2 Å². The van der Waals surface area contributed by atoms with Gasteiger partial charge in [0.1, 0.15) is 0 Å². The van der Waals surface area contributed by atoms with Crippen molar-refractivity contribution in [1.82, 2.24) is 4.90 Å². The van der Waals surface area contributed by atoms with E-state index in [0.717, 1.165) is 24.0 Å². The van der Waals surface area contributed by atoms with Gasteiger partial charge in [0.15, 0.2) is 0 Å². The van der Waals surface area contributed by atoms with Gasteiger partial charge in [0.05, 0.1) is 5.56 Å². The zero-order chi connectivity index (χ0) is 11.5. The minimum Gasteiger partial charge on any atom is -0.339 e. The van der Waals surface area contributed by atoms with Gasteiger partial charge >= 0.3 is 0 Å². The van der Waals surface area contributed by atoms with Crippen molar-refractivity contribution in [2.75, 3.05) is 13.1 Å². The number of carbonyl (C=O) groups is 1. The molecule has 0 spiro atoms. The van der Waals surface area contributed by atoms with Crippen molar-refractivity contribution in [3.8, 4) is 0 Å². The Morgan fingerprint density at radius 1 is 1.25 bits per heavy atom. The first-order chi connectivity index (χ1) is 7.77. The fourth-order valence-electron chi connectivity index (χ4n) is 1.82. The number of rotatable bonds is 3. The largest absolute Gasteiger partial charge is 0.339 e. The van der Waals surface area contributed by atoms with Gasteiger partial charge in [-0.2, -0.15) is 0 Å². The fraction of sp³-hybridized carbons (Fsp3) is 0.308. The van der Waals surface area contributed by atoms with Crippen LogP contribution in [0.4, 0.5) is 0 Å². The lowest BCUT2D eigenvalue weighted by Gasteiger charge is -2.17. The SMILES string of the molecule is CCN(CC)C(=O)c1csc2ccccc12. The molecule has 2 aromatic rings. The number of amides is 1. The molecule has 2 nitrogen and oxygen atoms in total. The van der Waals surface area contributed by atoms with Crippen LogP contribution in [0.25, 0.3) is 10.1 Å². The van der Waals surface area contributed by atoms with Gasteiger partial charge in [-0.3, -0.25) is 4.79 Å². The summed E-state index contributed by atoms with van der Waals surface area (Å²) in [6.07, 6.45) is 0. The van der Waals surface area contributed by atoms with Crippen molar-refractivity contribution >= 4 is 27.3 Å². The number of thiophene rings is 1. The van der Waals surface area contributed by atoms with E-state index in [1.807, 2.05) is 42.3 Å². The molecule has 16 heavy (non-hydrogen) atoms. The molecule has 2 rings (SSSR count). The topological polar surface area (TPSA) is 20.3 Å². The Morgan fingerprint density at radius 3 is 2.62 bits per heavy atom. The monoisotopic (exact) mass is 233 g/mol. The molecular weight excluding hydrogens is 218 g/mol. The first-order valence-corrected chi connectivity index (χ1v) is 6.41. The van der Waals surface area contributed by atoms with E-state index in [1.165, 1.54) is 4.70 Å². The standard InChI is InChI=1S/C13H15NOS/c1-3-14(4-2)13(15)11-9-16-12-8-6-5-7-10(11)12/h5-9H,3-4H2,1-2H3. The van der Waals surface area contributed by atoms with Crippen LogP contribution in [-0.4, -0.2) is 23.9 Å². The van der Waals surface area contributed by atoms with Crippen molar-refractivity contribution in [1.29, 1.82) is 0 Å². The summed E-state index contributed by atoms with van der Waals surface area (Å²) < 4.78 is 1.18. The molecule has 1 amide bonds. The van der Waals surface area contributed by atoms with Crippen LogP contribution < -0.4 is 0 Å². The Bertz CT molecular complexity index is 499. The van der Waals surface area contributed by atoms with Gasteiger partial charge in [-0.25, -0.2) is 0 Å². The maximum Gasteiger partial charge on any atom is 0.255 e.